The van der Waals surface area contributed by atoms with Crippen molar-refractivity contribution < 1.29 is 27.8 Å². The van der Waals surface area contributed by atoms with E-state index in [-0.39, 0.29) is 35.9 Å². The molecule has 3 heterocycles. The van der Waals surface area contributed by atoms with Crippen LogP contribution in [0.25, 0.3) is 5.65 Å². The minimum atomic E-state index is -1.48. The Morgan fingerprint density at radius 3 is 2.53 bits per heavy atom. The molecule has 0 saturated heterocycles. The number of aromatic nitrogens is 3. The van der Waals surface area contributed by atoms with E-state index in [1.54, 1.807) is 46.0 Å². The first-order valence-electron chi connectivity index (χ1n) is 11.1. The van der Waals surface area contributed by atoms with Crippen LogP contribution in [0.2, 0.25) is 0 Å². The highest BCUT2D eigenvalue weighted by atomic mass is 32.1. The van der Waals surface area contributed by atoms with Crippen molar-refractivity contribution in [3.8, 4) is 5.75 Å². The fraction of sp³-hybridized carbons (Fsp3) is 0.280. The van der Waals surface area contributed by atoms with Crippen molar-refractivity contribution in [2.45, 2.75) is 39.8 Å². The number of amides is 1. The molecule has 3 aromatic heterocycles. The molecule has 1 atom stereocenters. The van der Waals surface area contributed by atoms with Gasteiger partial charge in [-0.3, -0.25) is 9.20 Å². The maximum atomic E-state index is 14.0. The van der Waals surface area contributed by atoms with Gasteiger partial charge in [0.2, 0.25) is 0 Å². The molecular weight excluding hydrogens is 490 g/mol. The van der Waals surface area contributed by atoms with Crippen LogP contribution in [0, 0.1) is 25.5 Å². The zero-order valence-corrected chi connectivity index (χ0v) is 20.9. The smallest absolute Gasteiger partial charge is 0.337 e. The van der Waals surface area contributed by atoms with Gasteiger partial charge in [-0.15, -0.1) is 11.3 Å². The predicted octanol–water partition coefficient (Wildman–Crippen LogP) is 4.47. The van der Waals surface area contributed by atoms with Gasteiger partial charge in [-0.05, 0) is 52.0 Å². The van der Waals surface area contributed by atoms with Gasteiger partial charge in [0.15, 0.2) is 16.9 Å². The number of fused-ring (bicyclic) bond motifs is 1. The van der Waals surface area contributed by atoms with Crippen molar-refractivity contribution in [1.82, 2.24) is 19.7 Å². The highest BCUT2D eigenvalue weighted by molar-refractivity contribution is 7.11. The molecule has 0 aliphatic heterocycles. The van der Waals surface area contributed by atoms with Crippen LogP contribution in [0.3, 0.4) is 0 Å². The normalized spacial score (nSPS) is 12.8. The molecule has 0 aliphatic carbocycles. The van der Waals surface area contributed by atoms with Crippen molar-refractivity contribution in [3.63, 3.8) is 0 Å². The van der Waals surface area contributed by atoms with Crippen LogP contribution in [0.15, 0.2) is 42.7 Å². The van der Waals surface area contributed by atoms with Crippen molar-refractivity contribution in [3.05, 3.63) is 81.2 Å². The molecule has 188 valence electrons. The maximum Gasteiger partial charge on any atom is 0.337 e. The first-order chi connectivity index (χ1) is 17.2. The minimum Gasteiger partial charge on any atom is -0.485 e. The van der Waals surface area contributed by atoms with Gasteiger partial charge >= 0.3 is 5.97 Å². The summed E-state index contributed by atoms with van der Waals surface area (Å²) in [6, 6.07) is 6.78. The topological polar surface area (TPSA) is 94.8 Å². The first kappa shape index (κ1) is 25.2. The zero-order chi connectivity index (χ0) is 26.0. The largest absolute Gasteiger partial charge is 0.485 e. The number of aryl methyl sites for hydroxylation is 2. The molecule has 4 rings (SSSR count). The van der Waals surface area contributed by atoms with Crippen LogP contribution in [0.4, 0.5) is 8.78 Å². The lowest BCUT2D eigenvalue weighted by Crippen LogP contribution is -2.50. The van der Waals surface area contributed by atoms with E-state index in [0.717, 1.165) is 17.1 Å². The number of nitrogens with zero attached hydrogens (tertiary/aromatic N) is 3. The van der Waals surface area contributed by atoms with Crippen molar-refractivity contribution in [2.75, 3.05) is 6.61 Å². The molecule has 11 heteroatoms. The third-order valence-electron chi connectivity index (χ3n) is 5.60. The van der Waals surface area contributed by atoms with E-state index in [1.165, 1.54) is 28.0 Å². The van der Waals surface area contributed by atoms with Gasteiger partial charge in [0.25, 0.3) is 5.91 Å². The molecule has 8 nitrogen and oxygen atoms in total. The zero-order valence-electron chi connectivity index (χ0n) is 20.1. The van der Waals surface area contributed by atoms with Crippen LogP contribution in [0.5, 0.6) is 5.75 Å². The van der Waals surface area contributed by atoms with E-state index >= 15 is 0 Å². The summed E-state index contributed by atoms with van der Waals surface area (Å²) in [7, 11) is 0. The maximum absolute atomic E-state index is 14.0. The number of thiazole rings is 1. The summed E-state index contributed by atoms with van der Waals surface area (Å²) in [4.78, 5) is 35.6. The Kier molecular flexibility index (Phi) is 7.02. The summed E-state index contributed by atoms with van der Waals surface area (Å²) in [5, 5.41) is 3.52. The van der Waals surface area contributed by atoms with E-state index in [1.807, 2.05) is 0 Å². The second kappa shape index (κ2) is 10.0. The number of carbonyl (C=O) groups is 2. The number of halogens is 2. The number of imidazole rings is 1. The lowest BCUT2D eigenvalue weighted by atomic mass is 10.0. The van der Waals surface area contributed by atoms with Gasteiger partial charge in [-0.2, -0.15) is 0 Å². The second-order valence-electron chi connectivity index (χ2n) is 8.14. The van der Waals surface area contributed by atoms with E-state index in [4.69, 9.17) is 9.47 Å². The number of hydrogen-bond acceptors (Lipinski definition) is 7. The molecule has 4 aromatic rings. The van der Waals surface area contributed by atoms with Crippen LogP contribution >= 0.6 is 11.3 Å². The average Bonchev–Trinajstić information content (AvgIpc) is 3.42. The SMILES string of the molecule is CCOC(=O)C(C)(NC(=O)c1c(C)nc2c(OCc3c(F)cccc3F)cccn12)c1cnc(C)s1. The fourth-order valence-electron chi connectivity index (χ4n) is 3.73. The van der Waals surface area contributed by atoms with E-state index in [9.17, 15) is 18.4 Å². The molecule has 1 amide bonds. The third kappa shape index (κ3) is 4.66. The summed E-state index contributed by atoms with van der Waals surface area (Å²) < 4.78 is 40.5. The molecule has 0 fully saturated rings. The van der Waals surface area contributed by atoms with Gasteiger partial charge in [-0.25, -0.2) is 23.5 Å². The summed E-state index contributed by atoms with van der Waals surface area (Å²) >= 11 is 1.27. The summed E-state index contributed by atoms with van der Waals surface area (Å²) in [6.45, 7) is 6.45. The summed E-state index contributed by atoms with van der Waals surface area (Å²) in [6.07, 6.45) is 3.14. The van der Waals surface area contributed by atoms with Crippen molar-refractivity contribution >= 4 is 28.9 Å². The molecule has 1 unspecified atom stereocenters. The van der Waals surface area contributed by atoms with Gasteiger partial charge in [0, 0.05) is 12.4 Å². The van der Waals surface area contributed by atoms with Crippen LogP contribution in [-0.4, -0.2) is 32.9 Å². The quantitative estimate of drug-likeness (QED) is 0.349. The fourth-order valence-corrected chi connectivity index (χ4v) is 4.60. The number of benzene rings is 1. The Hall–Kier alpha value is -3.86. The Morgan fingerprint density at radius 1 is 1.17 bits per heavy atom. The molecular formula is C25H24F2N4O4S. The summed E-state index contributed by atoms with van der Waals surface area (Å²) in [5.74, 6) is -2.41. The van der Waals surface area contributed by atoms with Crippen molar-refractivity contribution in [2.24, 2.45) is 0 Å². The minimum absolute atomic E-state index is 0.139. The number of carbonyl (C=O) groups excluding carboxylic acids is 2. The first-order valence-corrected chi connectivity index (χ1v) is 11.9. The van der Waals surface area contributed by atoms with Gasteiger partial charge < -0.3 is 14.8 Å². The monoisotopic (exact) mass is 514 g/mol. The lowest BCUT2D eigenvalue weighted by Gasteiger charge is -2.27. The van der Waals surface area contributed by atoms with E-state index in [0.29, 0.717) is 10.6 Å². The second-order valence-corrected chi connectivity index (χ2v) is 9.38. The Balaban J connectivity index is 1.67. The van der Waals surface area contributed by atoms with Gasteiger partial charge in [0.1, 0.15) is 23.9 Å². The highest BCUT2D eigenvalue weighted by Gasteiger charge is 2.41. The molecule has 0 saturated carbocycles. The molecule has 0 bridgehead atoms. The van der Waals surface area contributed by atoms with Gasteiger partial charge in [0.05, 0.1) is 27.7 Å². The molecule has 36 heavy (non-hydrogen) atoms. The molecule has 1 aromatic carbocycles. The number of esters is 1. The van der Waals surface area contributed by atoms with E-state index in [2.05, 4.69) is 15.3 Å². The Morgan fingerprint density at radius 2 is 1.89 bits per heavy atom. The Bertz CT molecular complexity index is 1430. The predicted molar refractivity (Wildman–Crippen MR) is 129 cm³/mol. The van der Waals surface area contributed by atoms with Gasteiger partial charge in [-0.1, -0.05) is 6.07 Å². The Labute approximate surface area is 209 Å². The number of rotatable bonds is 8. The number of nitrogens with one attached hydrogen (secondary N) is 1. The van der Waals surface area contributed by atoms with Crippen LogP contribution in [0.1, 0.15) is 45.5 Å². The van der Waals surface area contributed by atoms with Crippen LogP contribution < -0.4 is 10.1 Å². The average molecular weight is 515 g/mol. The standard InChI is InChI=1S/C25H24F2N4O4S/c1-5-34-24(33)25(4,20-12-28-15(3)36-20)30-23(32)21-14(2)29-22-19(10-7-11-31(21)22)35-13-16-17(26)8-6-9-18(16)27/h6-12H,5,13H2,1-4H3,(H,30,32). The third-order valence-corrected chi connectivity index (χ3v) is 6.73. The number of pyridine rings is 1. The van der Waals surface area contributed by atoms with Crippen molar-refractivity contribution in [1.29, 1.82) is 0 Å². The molecule has 1 N–H and O–H groups in total. The molecule has 0 radical (unpaired) electrons. The van der Waals surface area contributed by atoms with E-state index < -0.39 is 29.0 Å². The summed E-state index contributed by atoms with van der Waals surface area (Å²) in [5.41, 5.74) is -0.878. The molecule has 0 aliphatic rings. The number of hydrogen-bond donors (Lipinski definition) is 1. The van der Waals surface area contributed by atoms with Crippen LogP contribution in [-0.2, 0) is 21.7 Å². The number of ether oxygens (including phenoxy) is 2. The highest BCUT2D eigenvalue weighted by Crippen LogP contribution is 2.30. The lowest BCUT2D eigenvalue weighted by molar-refractivity contribution is -0.150. The molecule has 0 spiro atoms.